The molecule has 3 heterocycles. The molecule has 120 valence electrons. The van der Waals surface area contributed by atoms with Gasteiger partial charge in [0, 0.05) is 12.0 Å². The summed E-state index contributed by atoms with van der Waals surface area (Å²) >= 11 is 0. The highest BCUT2D eigenvalue weighted by Gasteiger charge is 2.28. The molecule has 0 unspecified atom stereocenters. The van der Waals surface area contributed by atoms with E-state index in [9.17, 15) is 8.42 Å². The summed E-state index contributed by atoms with van der Waals surface area (Å²) in [4.78, 5) is 10.3. The lowest BCUT2D eigenvalue weighted by molar-refractivity contribution is 0.373. The number of nitrogens with one attached hydrogen (secondary N) is 2. The number of imidazole rings is 1. The van der Waals surface area contributed by atoms with E-state index in [2.05, 4.69) is 30.0 Å². The standard InChI is InChI=1S/C12H12N6O4S/c19-23(20,11-5-13-6-14-11)15-4-10-16-12(18-22-10)8-3-9(21-17-8)7-1-2-7/h3,5-7,15H,1-2,4H2,(H,13,14). The van der Waals surface area contributed by atoms with E-state index < -0.39 is 10.0 Å². The Morgan fingerprint density at radius 3 is 2.91 bits per heavy atom. The second-order valence-electron chi connectivity index (χ2n) is 5.14. The van der Waals surface area contributed by atoms with Crippen molar-refractivity contribution in [2.45, 2.75) is 30.3 Å². The molecule has 0 spiro atoms. The first-order valence-corrected chi connectivity index (χ1v) is 8.38. The minimum absolute atomic E-state index is 0.0391. The minimum Gasteiger partial charge on any atom is -0.360 e. The van der Waals surface area contributed by atoms with Crippen LogP contribution in [-0.2, 0) is 16.6 Å². The predicted molar refractivity (Wildman–Crippen MR) is 74.4 cm³/mol. The highest BCUT2D eigenvalue weighted by atomic mass is 32.2. The largest absolute Gasteiger partial charge is 0.360 e. The Kier molecular flexibility index (Phi) is 3.23. The van der Waals surface area contributed by atoms with Gasteiger partial charge in [-0.15, -0.1) is 0 Å². The summed E-state index contributed by atoms with van der Waals surface area (Å²) < 4.78 is 36.4. The molecule has 0 radical (unpaired) electrons. The van der Waals surface area contributed by atoms with Crippen molar-refractivity contribution in [2.75, 3.05) is 0 Å². The molecular weight excluding hydrogens is 324 g/mol. The van der Waals surface area contributed by atoms with Crippen LogP contribution in [0.5, 0.6) is 0 Å². The molecule has 3 aromatic heterocycles. The van der Waals surface area contributed by atoms with E-state index in [0.29, 0.717) is 11.6 Å². The van der Waals surface area contributed by atoms with Crippen LogP contribution in [0, 0.1) is 0 Å². The van der Waals surface area contributed by atoms with E-state index in [1.54, 1.807) is 6.07 Å². The molecule has 1 saturated carbocycles. The molecule has 1 aliphatic rings. The van der Waals surface area contributed by atoms with E-state index in [-0.39, 0.29) is 23.3 Å². The number of aromatic nitrogens is 5. The minimum atomic E-state index is -3.70. The zero-order valence-electron chi connectivity index (χ0n) is 11.8. The molecule has 1 fully saturated rings. The quantitative estimate of drug-likeness (QED) is 0.673. The lowest BCUT2D eigenvalue weighted by Gasteiger charge is -2.00. The Hall–Kier alpha value is -2.53. The van der Waals surface area contributed by atoms with Crippen molar-refractivity contribution in [1.29, 1.82) is 0 Å². The van der Waals surface area contributed by atoms with Crippen LogP contribution in [-0.4, -0.2) is 33.7 Å². The topological polar surface area (TPSA) is 140 Å². The summed E-state index contributed by atoms with van der Waals surface area (Å²) in [7, 11) is -3.70. The number of rotatable bonds is 6. The average molecular weight is 336 g/mol. The van der Waals surface area contributed by atoms with Crippen molar-refractivity contribution in [3.8, 4) is 11.5 Å². The Morgan fingerprint density at radius 1 is 1.30 bits per heavy atom. The van der Waals surface area contributed by atoms with Gasteiger partial charge in [-0.2, -0.15) is 4.98 Å². The maximum Gasteiger partial charge on any atom is 0.258 e. The Labute approximate surface area is 130 Å². The van der Waals surface area contributed by atoms with Gasteiger partial charge in [0.15, 0.2) is 10.7 Å². The second-order valence-corrected chi connectivity index (χ2v) is 6.88. The monoisotopic (exact) mass is 336 g/mol. The Bertz CT molecular complexity index is 909. The van der Waals surface area contributed by atoms with Gasteiger partial charge < -0.3 is 14.0 Å². The molecule has 11 heteroatoms. The molecule has 1 aliphatic carbocycles. The average Bonchev–Trinajstić information content (AvgIpc) is 3.04. The lowest BCUT2D eigenvalue weighted by Crippen LogP contribution is -2.23. The SMILES string of the molecule is O=S(=O)(NCc1nc(-c2cc(C3CC3)on2)no1)c1cnc[nH]1. The van der Waals surface area contributed by atoms with Crippen molar-refractivity contribution < 1.29 is 17.5 Å². The van der Waals surface area contributed by atoms with E-state index in [0.717, 1.165) is 18.6 Å². The van der Waals surface area contributed by atoms with Crippen LogP contribution in [0.4, 0.5) is 0 Å². The number of hydrogen-bond acceptors (Lipinski definition) is 8. The molecule has 0 saturated heterocycles. The van der Waals surface area contributed by atoms with Crippen LogP contribution in [0.25, 0.3) is 11.5 Å². The number of aromatic amines is 1. The molecule has 3 aromatic rings. The number of nitrogens with zero attached hydrogens (tertiary/aromatic N) is 4. The summed E-state index contributed by atoms with van der Waals surface area (Å²) in [5.41, 5.74) is 0.471. The molecule has 0 atom stereocenters. The third-order valence-electron chi connectivity index (χ3n) is 3.38. The van der Waals surface area contributed by atoms with Gasteiger partial charge in [0.1, 0.15) is 5.76 Å². The summed E-state index contributed by atoms with van der Waals surface area (Å²) in [6.45, 7) is -0.137. The van der Waals surface area contributed by atoms with Gasteiger partial charge in [0.2, 0.25) is 11.7 Å². The number of sulfonamides is 1. The first-order valence-electron chi connectivity index (χ1n) is 6.89. The molecular formula is C12H12N6O4S. The summed E-state index contributed by atoms with van der Waals surface area (Å²) in [5.74, 6) is 1.63. The highest BCUT2D eigenvalue weighted by molar-refractivity contribution is 7.89. The van der Waals surface area contributed by atoms with Gasteiger partial charge in [-0.1, -0.05) is 10.3 Å². The van der Waals surface area contributed by atoms with E-state index in [4.69, 9.17) is 9.05 Å². The number of H-pyrrole nitrogens is 1. The van der Waals surface area contributed by atoms with E-state index in [1.807, 2.05) is 0 Å². The van der Waals surface area contributed by atoms with Crippen LogP contribution in [0.15, 0.2) is 32.7 Å². The second kappa shape index (κ2) is 5.28. The first kappa shape index (κ1) is 14.1. The third-order valence-corrected chi connectivity index (χ3v) is 4.71. The van der Waals surface area contributed by atoms with Crippen LogP contribution in [0.1, 0.15) is 30.4 Å². The molecule has 10 nitrogen and oxygen atoms in total. The van der Waals surface area contributed by atoms with Crippen LogP contribution < -0.4 is 4.72 Å². The molecule has 0 aromatic carbocycles. The van der Waals surface area contributed by atoms with Crippen molar-refractivity contribution in [3.05, 3.63) is 30.2 Å². The van der Waals surface area contributed by atoms with Crippen molar-refractivity contribution in [2.24, 2.45) is 0 Å². The molecule has 0 aliphatic heterocycles. The zero-order valence-corrected chi connectivity index (χ0v) is 12.6. The Morgan fingerprint density at radius 2 is 2.17 bits per heavy atom. The number of hydrogen-bond donors (Lipinski definition) is 2. The Balaban J connectivity index is 1.45. The third kappa shape index (κ3) is 2.87. The molecule has 0 amide bonds. The van der Waals surface area contributed by atoms with Gasteiger partial charge >= 0.3 is 0 Å². The summed E-state index contributed by atoms with van der Waals surface area (Å²) in [5, 5.41) is 7.64. The highest BCUT2D eigenvalue weighted by Crippen LogP contribution is 2.40. The maximum atomic E-state index is 11.9. The normalized spacial score (nSPS) is 15.1. The van der Waals surface area contributed by atoms with Gasteiger partial charge in [0.05, 0.1) is 19.1 Å². The molecule has 23 heavy (non-hydrogen) atoms. The van der Waals surface area contributed by atoms with Crippen molar-refractivity contribution >= 4 is 10.0 Å². The van der Waals surface area contributed by atoms with Gasteiger partial charge in [-0.05, 0) is 12.8 Å². The summed E-state index contributed by atoms with van der Waals surface area (Å²) in [6.07, 6.45) is 4.68. The van der Waals surface area contributed by atoms with E-state index >= 15 is 0 Å². The molecule has 0 bridgehead atoms. The first-order chi connectivity index (χ1) is 11.1. The van der Waals surface area contributed by atoms with Crippen LogP contribution in [0.3, 0.4) is 0 Å². The summed E-state index contributed by atoms with van der Waals surface area (Å²) in [6, 6.07) is 1.78. The fraction of sp³-hybridized carbons (Fsp3) is 0.333. The van der Waals surface area contributed by atoms with Gasteiger partial charge in [0.25, 0.3) is 10.0 Å². The lowest BCUT2D eigenvalue weighted by atomic mass is 10.3. The fourth-order valence-corrected chi connectivity index (χ4v) is 2.89. The zero-order chi connectivity index (χ0) is 15.9. The van der Waals surface area contributed by atoms with Crippen molar-refractivity contribution in [1.82, 2.24) is 30.0 Å². The maximum absolute atomic E-state index is 11.9. The predicted octanol–water partition coefficient (Wildman–Crippen LogP) is 0.804. The van der Waals surface area contributed by atoms with Crippen LogP contribution >= 0.6 is 0 Å². The molecule has 2 N–H and O–H groups in total. The van der Waals surface area contributed by atoms with Gasteiger partial charge in [-0.25, -0.2) is 18.1 Å². The fourth-order valence-electron chi connectivity index (χ4n) is 2.01. The van der Waals surface area contributed by atoms with E-state index in [1.165, 1.54) is 12.5 Å². The van der Waals surface area contributed by atoms with Crippen molar-refractivity contribution in [3.63, 3.8) is 0 Å². The molecule has 4 rings (SSSR count). The van der Waals surface area contributed by atoms with Crippen LogP contribution in [0.2, 0.25) is 0 Å². The van der Waals surface area contributed by atoms with Gasteiger partial charge in [-0.3, -0.25) is 0 Å². The smallest absolute Gasteiger partial charge is 0.258 e.